The first-order chi connectivity index (χ1) is 16.7. The van der Waals surface area contributed by atoms with Crippen LogP contribution in [0, 0.1) is 5.82 Å². The van der Waals surface area contributed by atoms with Crippen molar-refractivity contribution in [3.8, 4) is 0 Å². The Morgan fingerprint density at radius 2 is 1.86 bits per heavy atom. The molecule has 7 nitrogen and oxygen atoms in total. The molecule has 2 aromatic carbocycles. The topological polar surface area (TPSA) is 93.7 Å². The second-order valence-corrected chi connectivity index (χ2v) is 9.63. The molecule has 2 aliphatic rings. The van der Waals surface area contributed by atoms with Crippen molar-refractivity contribution < 1.29 is 19.1 Å². The molecule has 2 aliphatic heterocycles. The van der Waals surface area contributed by atoms with Gasteiger partial charge in [0.25, 0.3) is 5.91 Å². The smallest absolute Gasteiger partial charge is 0.319 e. The van der Waals surface area contributed by atoms with Crippen molar-refractivity contribution in [1.82, 2.24) is 20.9 Å². The third-order valence-corrected chi connectivity index (χ3v) is 7.22. The van der Waals surface area contributed by atoms with Crippen LogP contribution >= 0.6 is 23.2 Å². The highest BCUT2D eigenvalue weighted by atomic mass is 35.5. The molecule has 4 rings (SSSR count). The van der Waals surface area contributed by atoms with Crippen molar-refractivity contribution in [3.05, 3.63) is 81.2 Å². The van der Waals surface area contributed by atoms with E-state index >= 15 is 0 Å². The van der Waals surface area contributed by atoms with E-state index in [2.05, 4.69) is 20.9 Å². The molecular weight excluding hydrogens is 494 g/mol. The monoisotopic (exact) mass is 520 g/mol. The largest absolute Gasteiger partial charge is 0.385 e. The summed E-state index contributed by atoms with van der Waals surface area (Å²) in [6.07, 6.45) is 3.26. The van der Waals surface area contributed by atoms with Crippen LogP contribution < -0.4 is 16.0 Å². The summed E-state index contributed by atoms with van der Waals surface area (Å²) >= 11 is 12.1. The molecule has 2 heterocycles. The minimum Gasteiger partial charge on any atom is -0.385 e. The second-order valence-electron chi connectivity index (χ2n) is 8.81. The van der Waals surface area contributed by atoms with Crippen LogP contribution in [0.3, 0.4) is 0 Å². The van der Waals surface area contributed by atoms with Crippen LogP contribution in [0.5, 0.6) is 0 Å². The Morgan fingerprint density at radius 3 is 2.54 bits per heavy atom. The SMILES string of the molecule is O=C1NC=C(C(=O)NCCCN2CCC(O)(c3ccc(F)cc3)CC2)[C@@H](c2ccc(Cl)c(Cl)c2)N1. The number of likely N-dealkylation sites (tertiary alicyclic amines) is 1. The second kappa shape index (κ2) is 11.0. The van der Waals surface area contributed by atoms with Crippen molar-refractivity contribution in [1.29, 1.82) is 0 Å². The molecule has 0 aliphatic carbocycles. The average Bonchev–Trinajstić information content (AvgIpc) is 2.85. The molecule has 0 aromatic heterocycles. The lowest BCUT2D eigenvalue weighted by atomic mass is 9.84. The van der Waals surface area contributed by atoms with Gasteiger partial charge in [-0.2, -0.15) is 0 Å². The summed E-state index contributed by atoms with van der Waals surface area (Å²) in [5, 5.41) is 19.8. The zero-order valence-electron chi connectivity index (χ0n) is 19.0. The van der Waals surface area contributed by atoms with Crippen molar-refractivity contribution in [3.63, 3.8) is 0 Å². The van der Waals surface area contributed by atoms with E-state index < -0.39 is 17.7 Å². The van der Waals surface area contributed by atoms with Crippen LogP contribution in [0.1, 0.15) is 36.4 Å². The van der Waals surface area contributed by atoms with E-state index in [4.69, 9.17) is 23.2 Å². The van der Waals surface area contributed by atoms with Crippen LogP contribution in [0.15, 0.2) is 54.2 Å². The number of aliphatic hydroxyl groups is 1. The van der Waals surface area contributed by atoms with Gasteiger partial charge in [0.15, 0.2) is 0 Å². The van der Waals surface area contributed by atoms with Gasteiger partial charge < -0.3 is 26.0 Å². The van der Waals surface area contributed by atoms with Gasteiger partial charge in [0.1, 0.15) is 5.82 Å². The normalized spacial score (nSPS) is 19.9. The maximum absolute atomic E-state index is 13.2. The average molecular weight is 521 g/mol. The summed E-state index contributed by atoms with van der Waals surface area (Å²) in [6, 6.07) is 9.94. The Balaban J connectivity index is 1.26. The standard InChI is InChI=1S/C25H27Cl2FN4O3/c26-20-7-2-16(14-21(20)27)22-19(15-30-24(34)31-22)23(33)29-10-1-11-32-12-8-25(35,9-13-32)17-3-5-18(28)6-4-17/h2-7,14-15,22,35H,1,8-13H2,(H,29,33)(H2,30,31,34)/t22-/m1/s1. The van der Waals surface area contributed by atoms with E-state index in [1.165, 1.54) is 18.3 Å². The summed E-state index contributed by atoms with van der Waals surface area (Å²) in [7, 11) is 0. The maximum Gasteiger partial charge on any atom is 0.319 e. The van der Waals surface area contributed by atoms with Crippen molar-refractivity contribution in [2.75, 3.05) is 26.2 Å². The number of carbonyl (C=O) groups is 2. The minimum atomic E-state index is -0.942. The molecule has 0 radical (unpaired) electrons. The van der Waals surface area contributed by atoms with Crippen LogP contribution in [-0.2, 0) is 10.4 Å². The highest BCUT2D eigenvalue weighted by Gasteiger charge is 2.34. The number of hydrogen-bond donors (Lipinski definition) is 4. The lowest BCUT2D eigenvalue weighted by Gasteiger charge is -2.38. The Hall–Kier alpha value is -2.65. The molecule has 0 unspecified atom stereocenters. The maximum atomic E-state index is 13.2. The molecule has 1 saturated heterocycles. The first kappa shape index (κ1) is 25.4. The number of halogens is 3. The molecule has 3 amide bonds. The van der Waals surface area contributed by atoms with Gasteiger partial charge in [0, 0.05) is 25.8 Å². The summed E-state index contributed by atoms with van der Waals surface area (Å²) < 4.78 is 13.2. The zero-order chi connectivity index (χ0) is 25.0. The fourth-order valence-corrected chi connectivity index (χ4v) is 4.74. The number of hydrogen-bond acceptors (Lipinski definition) is 4. The number of amides is 3. The van der Waals surface area contributed by atoms with E-state index in [1.807, 2.05) is 0 Å². The molecule has 1 atom stereocenters. The lowest BCUT2D eigenvalue weighted by molar-refractivity contribution is -0.117. The third kappa shape index (κ3) is 6.13. The number of carbonyl (C=O) groups excluding carboxylic acids is 2. The van der Waals surface area contributed by atoms with E-state index in [1.54, 1.807) is 30.3 Å². The number of nitrogens with one attached hydrogen (secondary N) is 3. The Labute approximate surface area is 213 Å². The van der Waals surface area contributed by atoms with Crippen LogP contribution in [0.2, 0.25) is 10.0 Å². The predicted molar refractivity (Wildman–Crippen MR) is 133 cm³/mol. The van der Waals surface area contributed by atoms with Gasteiger partial charge in [-0.15, -0.1) is 0 Å². The van der Waals surface area contributed by atoms with E-state index in [0.29, 0.717) is 53.7 Å². The number of nitrogens with zero attached hydrogens (tertiary/aromatic N) is 1. The van der Waals surface area contributed by atoms with E-state index in [0.717, 1.165) is 18.5 Å². The quantitative estimate of drug-likeness (QED) is 0.417. The van der Waals surface area contributed by atoms with Crippen LogP contribution in [0.25, 0.3) is 0 Å². The number of urea groups is 1. The number of rotatable bonds is 7. The predicted octanol–water partition coefficient (Wildman–Crippen LogP) is 3.86. The van der Waals surface area contributed by atoms with Gasteiger partial charge >= 0.3 is 6.03 Å². The van der Waals surface area contributed by atoms with Gasteiger partial charge in [0.05, 0.1) is 27.3 Å². The molecule has 4 N–H and O–H groups in total. The molecule has 0 saturated carbocycles. The zero-order valence-corrected chi connectivity index (χ0v) is 20.5. The number of piperidine rings is 1. The summed E-state index contributed by atoms with van der Waals surface area (Å²) in [6.45, 7) is 2.64. The molecule has 0 spiro atoms. The molecule has 1 fully saturated rings. The molecule has 0 bridgehead atoms. The molecular formula is C25H27Cl2FN4O3. The van der Waals surface area contributed by atoms with Crippen molar-refractivity contribution in [2.45, 2.75) is 30.9 Å². The molecule has 10 heteroatoms. The first-order valence-corrected chi connectivity index (χ1v) is 12.2. The molecule has 35 heavy (non-hydrogen) atoms. The Morgan fingerprint density at radius 1 is 1.14 bits per heavy atom. The molecule has 186 valence electrons. The highest BCUT2D eigenvalue weighted by molar-refractivity contribution is 6.42. The van der Waals surface area contributed by atoms with Gasteiger partial charge in [-0.3, -0.25) is 4.79 Å². The van der Waals surface area contributed by atoms with E-state index in [-0.39, 0.29) is 11.7 Å². The van der Waals surface area contributed by atoms with Gasteiger partial charge in [-0.25, -0.2) is 9.18 Å². The Bertz CT molecular complexity index is 1120. The third-order valence-electron chi connectivity index (χ3n) is 6.49. The number of benzene rings is 2. The summed E-state index contributed by atoms with van der Waals surface area (Å²) in [5.74, 6) is -0.611. The van der Waals surface area contributed by atoms with Gasteiger partial charge in [-0.05, 0) is 61.2 Å². The minimum absolute atomic E-state index is 0.294. The van der Waals surface area contributed by atoms with Crippen molar-refractivity contribution >= 4 is 35.1 Å². The van der Waals surface area contributed by atoms with Crippen LogP contribution in [0.4, 0.5) is 9.18 Å². The van der Waals surface area contributed by atoms with E-state index in [9.17, 15) is 19.1 Å². The van der Waals surface area contributed by atoms with Gasteiger partial charge in [0.2, 0.25) is 0 Å². The fourth-order valence-electron chi connectivity index (χ4n) is 4.43. The summed E-state index contributed by atoms with van der Waals surface area (Å²) in [4.78, 5) is 27.0. The van der Waals surface area contributed by atoms with Crippen molar-refractivity contribution in [2.24, 2.45) is 0 Å². The molecule has 2 aromatic rings. The first-order valence-electron chi connectivity index (χ1n) is 11.5. The highest BCUT2D eigenvalue weighted by Crippen LogP contribution is 2.33. The van der Waals surface area contributed by atoms with Crippen LogP contribution in [-0.4, -0.2) is 48.1 Å². The Kier molecular flexibility index (Phi) is 7.96. The summed E-state index contributed by atoms with van der Waals surface area (Å²) in [5.41, 5.74) is 0.815. The van der Waals surface area contributed by atoms with Gasteiger partial charge in [-0.1, -0.05) is 41.4 Å². The lowest BCUT2D eigenvalue weighted by Crippen LogP contribution is -2.45. The fraction of sp³-hybridized carbons (Fsp3) is 0.360.